The van der Waals surface area contributed by atoms with Gasteiger partial charge in [-0.05, 0) is 12.1 Å². The minimum Gasteiger partial charge on any atom is -0.248 e. The van der Waals surface area contributed by atoms with Gasteiger partial charge >= 0.3 is 0 Å². The van der Waals surface area contributed by atoms with Crippen LogP contribution < -0.4 is 0 Å². The highest BCUT2D eigenvalue weighted by Gasteiger charge is 2.02. The predicted octanol–water partition coefficient (Wildman–Crippen LogP) is 3.17. The van der Waals surface area contributed by atoms with Gasteiger partial charge in [0, 0.05) is 23.2 Å². The SMILES string of the molecule is N#Cc1cc2nc(-c3ccccc3)ccc2cn1. The first-order chi connectivity index (χ1) is 8.86. The molecule has 0 aliphatic carbocycles. The molecule has 84 valence electrons. The Hall–Kier alpha value is -2.73. The van der Waals surface area contributed by atoms with Crippen LogP contribution in [0.2, 0.25) is 0 Å². The number of hydrogen-bond acceptors (Lipinski definition) is 3. The Labute approximate surface area is 104 Å². The molecular formula is C15H9N3. The number of pyridine rings is 2. The summed E-state index contributed by atoms with van der Waals surface area (Å²) in [5, 5.41) is 9.78. The Morgan fingerprint density at radius 3 is 2.61 bits per heavy atom. The Morgan fingerprint density at radius 1 is 1.00 bits per heavy atom. The lowest BCUT2D eigenvalue weighted by Crippen LogP contribution is -1.88. The summed E-state index contributed by atoms with van der Waals surface area (Å²) < 4.78 is 0. The lowest BCUT2D eigenvalue weighted by atomic mass is 10.1. The van der Waals surface area contributed by atoms with Crippen molar-refractivity contribution in [3.8, 4) is 17.3 Å². The maximum Gasteiger partial charge on any atom is 0.142 e. The van der Waals surface area contributed by atoms with Crippen LogP contribution in [0.4, 0.5) is 0 Å². The average Bonchev–Trinajstić information content (AvgIpc) is 2.47. The van der Waals surface area contributed by atoms with Gasteiger partial charge < -0.3 is 0 Å². The Balaban J connectivity index is 2.19. The fourth-order valence-electron chi connectivity index (χ4n) is 1.85. The van der Waals surface area contributed by atoms with Gasteiger partial charge in [0.05, 0.1) is 11.2 Å². The van der Waals surface area contributed by atoms with Gasteiger partial charge in [-0.2, -0.15) is 5.26 Å². The number of rotatable bonds is 1. The van der Waals surface area contributed by atoms with E-state index in [-0.39, 0.29) is 0 Å². The molecule has 0 saturated heterocycles. The highest BCUT2D eigenvalue weighted by atomic mass is 14.7. The monoisotopic (exact) mass is 231 g/mol. The van der Waals surface area contributed by atoms with E-state index in [1.165, 1.54) is 0 Å². The number of benzene rings is 1. The van der Waals surface area contributed by atoms with Crippen molar-refractivity contribution in [2.45, 2.75) is 0 Å². The maximum absolute atomic E-state index is 8.84. The van der Waals surface area contributed by atoms with E-state index >= 15 is 0 Å². The summed E-state index contributed by atoms with van der Waals surface area (Å²) in [6, 6.07) is 17.6. The maximum atomic E-state index is 8.84. The predicted molar refractivity (Wildman–Crippen MR) is 69.7 cm³/mol. The molecular weight excluding hydrogens is 222 g/mol. The lowest BCUT2D eigenvalue weighted by molar-refractivity contribution is 1.27. The van der Waals surface area contributed by atoms with E-state index < -0.39 is 0 Å². The summed E-state index contributed by atoms with van der Waals surface area (Å²) in [6.07, 6.45) is 1.68. The molecule has 0 N–H and O–H groups in total. The summed E-state index contributed by atoms with van der Waals surface area (Å²) in [5.74, 6) is 0. The van der Waals surface area contributed by atoms with Crippen molar-refractivity contribution in [2.24, 2.45) is 0 Å². The van der Waals surface area contributed by atoms with Crippen molar-refractivity contribution in [2.75, 3.05) is 0 Å². The first-order valence-corrected chi connectivity index (χ1v) is 5.59. The number of fused-ring (bicyclic) bond motifs is 1. The normalized spacial score (nSPS) is 10.2. The molecule has 3 heteroatoms. The van der Waals surface area contributed by atoms with Crippen molar-refractivity contribution < 1.29 is 0 Å². The molecule has 1 aromatic carbocycles. The fraction of sp³-hybridized carbons (Fsp3) is 0. The number of nitrogens with zero attached hydrogens (tertiary/aromatic N) is 3. The second-order valence-corrected chi connectivity index (χ2v) is 3.94. The fourth-order valence-corrected chi connectivity index (χ4v) is 1.85. The zero-order valence-corrected chi connectivity index (χ0v) is 9.54. The van der Waals surface area contributed by atoms with Crippen LogP contribution >= 0.6 is 0 Å². The minimum absolute atomic E-state index is 0.389. The molecule has 2 heterocycles. The molecule has 3 aromatic rings. The molecule has 0 aliphatic rings. The molecule has 0 radical (unpaired) electrons. The third-order valence-corrected chi connectivity index (χ3v) is 2.76. The third kappa shape index (κ3) is 1.80. The molecule has 18 heavy (non-hydrogen) atoms. The van der Waals surface area contributed by atoms with Crippen LogP contribution in [0, 0.1) is 11.3 Å². The summed E-state index contributed by atoms with van der Waals surface area (Å²) in [4.78, 5) is 8.59. The molecule has 3 nitrogen and oxygen atoms in total. The summed E-state index contributed by atoms with van der Waals surface area (Å²) >= 11 is 0. The van der Waals surface area contributed by atoms with Gasteiger partial charge in [0.15, 0.2) is 0 Å². The Morgan fingerprint density at radius 2 is 1.83 bits per heavy atom. The van der Waals surface area contributed by atoms with Crippen LogP contribution in [0.3, 0.4) is 0 Å². The number of nitriles is 1. The van der Waals surface area contributed by atoms with Gasteiger partial charge in [0.2, 0.25) is 0 Å². The standard InChI is InChI=1S/C15H9N3/c16-9-13-8-15-12(10-17-13)6-7-14(18-15)11-4-2-1-3-5-11/h1-8,10H. The van der Waals surface area contributed by atoms with E-state index in [0.29, 0.717) is 5.69 Å². The van der Waals surface area contributed by atoms with E-state index in [1.807, 2.05) is 48.5 Å². The zero-order valence-electron chi connectivity index (χ0n) is 9.54. The Bertz CT molecular complexity index is 743. The quantitative estimate of drug-likeness (QED) is 0.646. The molecule has 0 aliphatic heterocycles. The van der Waals surface area contributed by atoms with Gasteiger partial charge in [-0.3, -0.25) is 0 Å². The highest BCUT2D eigenvalue weighted by Crippen LogP contribution is 2.20. The summed E-state index contributed by atoms with van der Waals surface area (Å²) in [6.45, 7) is 0. The van der Waals surface area contributed by atoms with Crippen LogP contribution in [0.5, 0.6) is 0 Å². The third-order valence-electron chi connectivity index (χ3n) is 2.76. The van der Waals surface area contributed by atoms with Gasteiger partial charge in [-0.1, -0.05) is 30.3 Å². The molecule has 3 rings (SSSR count). The van der Waals surface area contributed by atoms with Crippen LogP contribution in [0.1, 0.15) is 5.69 Å². The van der Waals surface area contributed by atoms with Crippen LogP contribution in [0.15, 0.2) is 54.7 Å². The summed E-state index contributed by atoms with van der Waals surface area (Å²) in [5.41, 5.74) is 3.15. The average molecular weight is 231 g/mol. The van der Waals surface area contributed by atoms with E-state index in [1.54, 1.807) is 12.3 Å². The molecule has 0 saturated carbocycles. The van der Waals surface area contributed by atoms with Gasteiger partial charge in [-0.25, -0.2) is 9.97 Å². The van der Waals surface area contributed by atoms with Crippen molar-refractivity contribution >= 4 is 10.9 Å². The van der Waals surface area contributed by atoms with Crippen molar-refractivity contribution in [1.82, 2.24) is 9.97 Å². The van der Waals surface area contributed by atoms with Crippen LogP contribution in [-0.2, 0) is 0 Å². The van der Waals surface area contributed by atoms with Gasteiger partial charge in [0.25, 0.3) is 0 Å². The van der Waals surface area contributed by atoms with E-state index in [2.05, 4.69) is 9.97 Å². The number of aromatic nitrogens is 2. The molecule has 2 aromatic heterocycles. The second-order valence-electron chi connectivity index (χ2n) is 3.94. The molecule has 0 atom stereocenters. The molecule has 0 fully saturated rings. The van der Waals surface area contributed by atoms with Crippen LogP contribution in [0.25, 0.3) is 22.2 Å². The first kappa shape index (κ1) is 10.4. The van der Waals surface area contributed by atoms with Crippen molar-refractivity contribution in [3.05, 3.63) is 60.4 Å². The Kier molecular flexibility index (Phi) is 2.47. The zero-order chi connectivity index (χ0) is 12.4. The van der Waals surface area contributed by atoms with E-state index in [0.717, 1.165) is 22.2 Å². The first-order valence-electron chi connectivity index (χ1n) is 5.59. The van der Waals surface area contributed by atoms with Crippen molar-refractivity contribution in [1.29, 1.82) is 5.26 Å². The topological polar surface area (TPSA) is 49.6 Å². The van der Waals surface area contributed by atoms with Gasteiger partial charge in [-0.15, -0.1) is 0 Å². The van der Waals surface area contributed by atoms with Crippen LogP contribution in [-0.4, -0.2) is 9.97 Å². The van der Waals surface area contributed by atoms with E-state index in [4.69, 9.17) is 5.26 Å². The molecule has 0 bridgehead atoms. The highest BCUT2D eigenvalue weighted by molar-refractivity contribution is 5.81. The largest absolute Gasteiger partial charge is 0.248 e. The smallest absolute Gasteiger partial charge is 0.142 e. The molecule has 0 amide bonds. The second kappa shape index (κ2) is 4.27. The van der Waals surface area contributed by atoms with Gasteiger partial charge in [0.1, 0.15) is 11.8 Å². The van der Waals surface area contributed by atoms with Crippen molar-refractivity contribution in [3.63, 3.8) is 0 Å². The molecule has 0 spiro atoms. The number of hydrogen-bond donors (Lipinski definition) is 0. The summed E-state index contributed by atoms with van der Waals surface area (Å²) in [7, 11) is 0. The molecule has 0 unspecified atom stereocenters. The minimum atomic E-state index is 0.389. The van der Waals surface area contributed by atoms with E-state index in [9.17, 15) is 0 Å². The lowest BCUT2D eigenvalue weighted by Gasteiger charge is -2.02.